The molecule has 0 spiro atoms. The molecule has 0 aliphatic carbocycles. The summed E-state index contributed by atoms with van der Waals surface area (Å²) in [7, 11) is 0. The highest BCUT2D eigenvalue weighted by Crippen LogP contribution is 2.26. The monoisotopic (exact) mass is 293 g/mol. The first kappa shape index (κ1) is 14.4. The number of halogens is 2. The minimum atomic E-state index is 0.222. The lowest BCUT2D eigenvalue weighted by Gasteiger charge is -2.19. The van der Waals surface area contributed by atoms with Gasteiger partial charge < -0.3 is 5.32 Å². The molecule has 0 amide bonds. The Balaban J connectivity index is 2.21. The van der Waals surface area contributed by atoms with E-state index in [0.717, 1.165) is 28.6 Å². The van der Waals surface area contributed by atoms with E-state index in [1.807, 2.05) is 30.3 Å². The molecule has 0 aromatic heterocycles. The molecule has 0 heterocycles. The van der Waals surface area contributed by atoms with Crippen LogP contribution in [0, 0.1) is 0 Å². The summed E-state index contributed by atoms with van der Waals surface area (Å²) < 4.78 is 0. The van der Waals surface area contributed by atoms with Crippen molar-refractivity contribution < 1.29 is 0 Å². The smallest absolute Gasteiger partial charge is 0.0453 e. The number of benzene rings is 2. The zero-order chi connectivity index (χ0) is 13.7. The van der Waals surface area contributed by atoms with Gasteiger partial charge in [0.25, 0.3) is 0 Å². The van der Waals surface area contributed by atoms with Gasteiger partial charge in [0.2, 0.25) is 0 Å². The van der Waals surface area contributed by atoms with Crippen LogP contribution in [-0.4, -0.2) is 6.54 Å². The van der Waals surface area contributed by atoms with Gasteiger partial charge in [-0.25, -0.2) is 0 Å². The van der Waals surface area contributed by atoms with Gasteiger partial charge in [-0.3, -0.25) is 0 Å². The fourth-order valence-electron chi connectivity index (χ4n) is 2.15. The molecule has 2 aromatic rings. The summed E-state index contributed by atoms with van der Waals surface area (Å²) in [5, 5.41) is 5.06. The quantitative estimate of drug-likeness (QED) is 0.828. The number of rotatable bonds is 5. The Labute approximate surface area is 124 Å². The lowest BCUT2D eigenvalue weighted by molar-refractivity contribution is 0.550. The van der Waals surface area contributed by atoms with Crippen molar-refractivity contribution in [3.63, 3.8) is 0 Å². The van der Waals surface area contributed by atoms with Crippen molar-refractivity contribution in [1.29, 1.82) is 0 Å². The Morgan fingerprint density at radius 2 is 1.68 bits per heavy atom. The predicted molar refractivity (Wildman–Crippen MR) is 83.0 cm³/mol. The largest absolute Gasteiger partial charge is 0.310 e. The van der Waals surface area contributed by atoms with Gasteiger partial charge in [-0.2, -0.15) is 0 Å². The third-order valence-corrected chi connectivity index (χ3v) is 3.68. The molecular weight excluding hydrogens is 277 g/mol. The van der Waals surface area contributed by atoms with Gasteiger partial charge in [0.15, 0.2) is 0 Å². The van der Waals surface area contributed by atoms with Gasteiger partial charge in [0, 0.05) is 16.1 Å². The van der Waals surface area contributed by atoms with E-state index in [-0.39, 0.29) is 6.04 Å². The fourth-order valence-corrected chi connectivity index (χ4v) is 2.55. The predicted octanol–water partition coefficient (Wildman–Crippen LogP) is 4.89. The highest BCUT2D eigenvalue weighted by Gasteiger charge is 2.13. The summed E-state index contributed by atoms with van der Waals surface area (Å²) >= 11 is 12.2. The van der Waals surface area contributed by atoms with Crippen LogP contribution in [-0.2, 0) is 6.42 Å². The first-order valence-electron chi connectivity index (χ1n) is 6.43. The molecule has 1 N–H and O–H groups in total. The van der Waals surface area contributed by atoms with E-state index in [4.69, 9.17) is 23.2 Å². The molecule has 2 rings (SSSR count). The maximum atomic E-state index is 6.29. The van der Waals surface area contributed by atoms with Crippen molar-refractivity contribution in [2.75, 3.05) is 6.54 Å². The topological polar surface area (TPSA) is 12.0 Å². The summed E-state index contributed by atoms with van der Waals surface area (Å²) in [5.74, 6) is 0. The van der Waals surface area contributed by atoms with E-state index in [9.17, 15) is 0 Å². The fraction of sp³-hybridized carbons (Fsp3) is 0.250. The molecule has 0 aliphatic rings. The third-order valence-electron chi connectivity index (χ3n) is 3.08. The van der Waals surface area contributed by atoms with Gasteiger partial charge >= 0.3 is 0 Å². The average Bonchev–Trinajstić information content (AvgIpc) is 2.41. The van der Waals surface area contributed by atoms with Crippen LogP contribution in [0.15, 0.2) is 48.5 Å². The van der Waals surface area contributed by atoms with Gasteiger partial charge in [-0.1, -0.05) is 60.5 Å². The maximum absolute atomic E-state index is 6.29. The Morgan fingerprint density at radius 3 is 2.32 bits per heavy atom. The van der Waals surface area contributed by atoms with Crippen LogP contribution in [0.25, 0.3) is 0 Å². The SMILES string of the molecule is CCNC(Cc1ccc(Cl)cc1)c1ccccc1Cl. The molecule has 0 saturated carbocycles. The van der Waals surface area contributed by atoms with Crippen molar-refractivity contribution in [2.24, 2.45) is 0 Å². The summed E-state index contributed by atoms with van der Waals surface area (Å²) in [6.45, 7) is 3.01. The molecular formula is C16H17Cl2N. The second-order valence-electron chi connectivity index (χ2n) is 4.46. The molecule has 0 saturated heterocycles. The molecule has 0 fully saturated rings. The summed E-state index contributed by atoms with van der Waals surface area (Å²) in [6.07, 6.45) is 0.898. The Hall–Kier alpha value is -1.02. The van der Waals surface area contributed by atoms with Crippen LogP contribution in [0.4, 0.5) is 0 Å². The molecule has 2 aromatic carbocycles. The number of nitrogens with one attached hydrogen (secondary N) is 1. The van der Waals surface area contributed by atoms with E-state index in [2.05, 4.69) is 30.4 Å². The Morgan fingerprint density at radius 1 is 1.00 bits per heavy atom. The number of hydrogen-bond acceptors (Lipinski definition) is 1. The van der Waals surface area contributed by atoms with Crippen molar-refractivity contribution in [3.8, 4) is 0 Å². The van der Waals surface area contributed by atoms with Crippen LogP contribution in [0.1, 0.15) is 24.1 Å². The highest BCUT2D eigenvalue weighted by atomic mass is 35.5. The van der Waals surface area contributed by atoms with E-state index in [1.165, 1.54) is 5.56 Å². The maximum Gasteiger partial charge on any atom is 0.0453 e. The first-order valence-corrected chi connectivity index (χ1v) is 7.18. The van der Waals surface area contributed by atoms with Crippen LogP contribution in [0.3, 0.4) is 0 Å². The zero-order valence-corrected chi connectivity index (χ0v) is 12.4. The minimum absolute atomic E-state index is 0.222. The molecule has 1 nitrogen and oxygen atoms in total. The summed E-state index contributed by atoms with van der Waals surface area (Å²) in [6, 6.07) is 16.2. The summed E-state index contributed by atoms with van der Waals surface area (Å²) in [5.41, 5.74) is 2.39. The zero-order valence-electron chi connectivity index (χ0n) is 10.9. The number of likely N-dealkylation sites (N-methyl/N-ethyl adjacent to an activating group) is 1. The molecule has 19 heavy (non-hydrogen) atoms. The van der Waals surface area contributed by atoms with E-state index < -0.39 is 0 Å². The summed E-state index contributed by atoms with van der Waals surface area (Å²) in [4.78, 5) is 0. The molecule has 0 aliphatic heterocycles. The second kappa shape index (κ2) is 6.95. The van der Waals surface area contributed by atoms with Crippen molar-refractivity contribution in [2.45, 2.75) is 19.4 Å². The van der Waals surface area contributed by atoms with Crippen LogP contribution in [0.2, 0.25) is 10.0 Å². The first-order chi connectivity index (χ1) is 9.20. The molecule has 1 atom stereocenters. The Kier molecular flexibility index (Phi) is 5.26. The average molecular weight is 294 g/mol. The molecule has 100 valence electrons. The second-order valence-corrected chi connectivity index (χ2v) is 5.31. The van der Waals surface area contributed by atoms with Crippen LogP contribution >= 0.6 is 23.2 Å². The van der Waals surface area contributed by atoms with Crippen molar-refractivity contribution in [3.05, 3.63) is 69.7 Å². The molecule has 0 radical (unpaired) electrons. The molecule has 1 unspecified atom stereocenters. The van der Waals surface area contributed by atoms with Crippen molar-refractivity contribution in [1.82, 2.24) is 5.32 Å². The van der Waals surface area contributed by atoms with Gasteiger partial charge in [0.1, 0.15) is 0 Å². The lowest BCUT2D eigenvalue weighted by Crippen LogP contribution is -2.23. The Bertz CT molecular complexity index is 523. The normalized spacial score (nSPS) is 12.4. The van der Waals surface area contributed by atoms with Crippen LogP contribution in [0.5, 0.6) is 0 Å². The van der Waals surface area contributed by atoms with E-state index in [0.29, 0.717) is 0 Å². The van der Waals surface area contributed by atoms with Gasteiger partial charge in [-0.15, -0.1) is 0 Å². The van der Waals surface area contributed by atoms with E-state index in [1.54, 1.807) is 0 Å². The third kappa shape index (κ3) is 3.97. The minimum Gasteiger partial charge on any atom is -0.310 e. The van der Waals surface area contributed by atoms with E-state index >= 15 is 0 Å². The molecule has 0 bridgehead atoms. The van der Waals surface area contributed by atoms with Crippen LogP contribution < -0.4 is 5.32 Å². The standard InChI is InChI=1S/C16H17Cl2N/c1-2-19-16(14-5-3-4-6-15(14)18)11-12-7-9-13(17)10-8-12/h3-10,16,19H,2,11H2,1H3. The lowest BCUT2D eigenvalue weighted by atomic mass is 9.99. The van der Waals surface area contributed by atoms with Gasteiger partial charge in [0.05, 0.1) is 0 Å². The van der Waals surface area contributed by atoms with Crippen molar-refractivity contribution >= 4 is 23.2 Å². The number of hydrogen-bond donors (Lipinski definition) is 1. The van der Waals surface area contributed by atoms with Gasteiger partial charge in [-0.05, 0) is 42.3 Å². The molecule has 3 heteroatoms. The highest BCUT2D eigenvalue weighted by molar-refractivity contribution is 6.31.